The Morgan fingerprint density at radius 1 is 0.810 bits per heavy atom. The van der Waals surface area contributed by atoms with Crippen molar-refractivity contribution in [3.05, 3.63) is 102 Å². The highest BCUT2D eigenvalue weighted by atomic mass is 16.5. The number of rotatable bonds is 7. The molecule has 2 heterocycles. The molecule has 5 aromatic rings. The Kier molecular flexibility index (Phi) is 9.92. The van der Waals surface area contributed by atoms with Crippen molar-refractivity contribution in [2.24, 2.45) is 21.5 Å². The Labute approximate surface area is 244 Å². The first-order valence-electron chi connectivity index (χ1n) is 13.2. The molecule has 3 aromatic carbocycles. The minimum atomic E-state index is 0.0898. The summed E-state index contributed by atoms with van der Waals surface area (Å²) in [5.41, 5.74) is 18.7. The Bertz CT molecular complexity index is 1640. The van der Waals surface area contributed by atoms with Crippen molar-refractivity contribution in [2.45, 2.75) is 20.4 Å². The van der Waals surface area contributed by atoms with Crippen molar-refractivity contribution in [3.8, 4) is 28.3 Å². The van der Waals surface area contributed by atoms with Crippen LogP contribution in [-0.2, 0) is 11.3 Å². The Balaban J connectivity index is 0.000000208. The number of benzene rings is 3. The third-order valence-electron chi connectivity index (χ3n) is 6.17. The Morgan fingerprint density at radius 2 is 1.40 bits per heavy atom. The highest BCUT2D eigenvalue weighted by Gasteiger charge is 2.06. The summed E-state index contributed by atoms with van der Waals surface area (Å²) < 4.78 is 10.1. The second-order valence-corrected chi connectivity index (χ2v) is 9.33. The fourth-order valence-corrected chi connectivity index (χ4v) is 3.85. The van der Waals surface area contributed by atoms with Crippen LogP contribution in [0.25, 0.3) is 22.5 Å². The number of nitrogens with zero attached hydrogens (tertiary/aromatic N) is 4. The molecule has 0 bridgehead atoms. The van der Waals surface area contributed by atoms with Gasteiger partial charge in [-0.05, 0) is 31.0 Å². The third-order valence-corrected chi connectivity index (χ3v) is 6.17. The zero-order valence-electron chi connectivity index (χ0n) is 24.1. The van der Waals surface area contributed by atoms with Crippen LogP contribution in [0, 0.1) is 13.8 Å². The number of ether oxygens (including phenoxy) is 2. The van der Waals surface area contributed by atoms with Gasteiger partial charge in [0.05, 0.1) is 32.2 Å². The number of nitrogens with one attached hydrogen (secondary N) is 3. The van der Waals surface area contributed by atoms with E-state index in [4.69, 9.17) is 20.9 Å². The van der Waals surface area contributed by atoms with Crippen molar-refractivity contribution in [1.82, 2.24) is 20.4 Å². The van der Waals surface area contributed by atoms with Crippen molar-refractivity contribution >= 4 is 23.6 Å². The Hall–Kier alpha value is -5.58. The molecule has 2 aromatic heterocycles. The number of methoxy groups -OCH3 is 2. The highest BCUT2D eigenvalue weighted by molar-refractivity contribution is 5.91. The molecule has 0 saturated heterocycles. The molecule has 0 spiro atoms. The maximum absolute atomic E-state index is 5.96. The third kappa shape index (κ3) is 8.21. The number of para-hydroxylation sites is 1. The fourth-order valence-electron chi connectivity index (χ4n) is 3.85. The van der Waals surface area contributed by atoms with E-state index in [2.05, 4.69) is 54.8 Å². The molecule has 11 nitrogen and oxygen atoms in total. The predicted molar refractivity (Wildman–Crippen MR) is 168 cm³/mol. The van der Waals surface area contributed by atoms with Crippen LogP contribution in [0.4, 0.5) is 11.6 Å². The minimum Gasteiger partial charge on any atom is -0.496 e. The van der Waals surface area contributed by atoms with Gasteiger partial charge in [0, 0.05) is 17.7 Å². The topological polar surface area (TPSA) is 165 Å². The normalized spacial score (nSPS) is 11.4. The summed E-state index contributed by atoms with van der Waals surface area (Å²) in [5.74, 6) is 2.21. The van der Waals surface area contributed by atoms with E-state index in [1.807, 2.05) is 79.7 Å². The number of aliphatic imine (C=N–C) groups is 2. The highest BCUT2D eigenvalue weighted by Crippen LogP contribution is 2.22. The van der Waals surface area contributed by atoms with E-state index in [1.54, 1.807) is 7.11 Å². The average molecular weight is 566 g/mol. The molecule has 7 N–H and O–H groups in total. The lowest BCUT2D eigenvalue weighted by molar-refractivity contribution is 0.397. The van der Waals surface area contributed by atoms with E-state index in [9.17, 15) is 0 Å². The quantitative estimate of drug-likeness (QED) is 0.132. The van der Waals surface area contributed by atoms with Gasteiger partial charge in [-0.15, -0.1) is 0 Å². The predicted octanol–water partition coefficient (Wildman–Crippen LogP) is 5.30. The lowest BCUT2D eigenvalue weighted by Gasteiger charge is -2.06. The molecule has 5 rings (SSSR count). The molecule has 0 aliphatic rings. The summed E-state index contributed by atoms with van der Waals surface area (Å²) in [4.78, 5) is 8.31. The van der Waals surface area contributed by atoms with Gasteiger partial charge in [-0.1, -0.05) is 77.9 Å². The maximum Gasteiger partial charge on any atom is 0.288 e. The molecule has 0 fully saturated rings. The summed E-state index contributed by atoms with van der Waals surface area (Å²) in [6, 6.07) is 27.9. The zero-order chi connectivity index (χ0) is 29.9. The van der Waals surface area contributed by atoms with Crippen LogP contribution in [0.1, 0.15) is 16.7 Å². The molecular weight excluding hydrogens is 530 g/mol. The number of hydrogen-bond donors (Lipinski definition) is 5. The molecule has 0 radical (unpaired) electrons. The number of nitrogens with two attached hydrogens (primary N) is 2. The fraction of sp³-hybridized carbons (Fsp3) is 0.161. The smallest absolute Gasteiger partial charge is 0.288 e. The van der Waals surface area contributed by atoms with Crippen molar-refractivity contribution in [3.63, 3.8) is 0 Å². The number of aromatic amines is 2. The zero-order valence-corrected chi connectivity index (χ0v) is 24.1. The van der Waals surface area contributed by atoms with Crippen molar-refractivity contribution in [1.29, 1.82) is 0 Å². The van der Waals surface area contributed by atoms with Crippen molar-refractivity contribution in [2.75, 3.05) is 19.5 Å². The van der Waals surface area contributed by atoms with E-state index >= 15 is 0 Å². The van der Waals surface area contributed by atoms with Gasteiger partial charge in [-0.2, -0.15) is 15.2 Å². The molecule has 0 aliphatic heterocycles. The van der Waals surface area contributed by atoms with E-state index in [0.717, 1.165) is 33.8 Å². The van der Waals surface area contributed by atoms with Gasteiger partial charge in [-0.3, -0.25) is 10.2 Å². The van der Waals surface area contributed by atoms with E-state index < -0.39 is 0 Å². The number of aryl methyl sites for hydroxylation is 2. The summed E-state index contributed by atoms with van der Waals surface area (Å²) >= 11 is 0. The van der Waals surface area contributed by atoms with Gasteiger partial charge >= 0.3 is 0 Å². The summed E-state index contributed by atoms with van der Waals surface area (Å²) in [5, 5.41) is 17.1. The second-order valence-electron chi connectivity index (χ2n) is 9.33. The first-order chi connectivity index (χ1) is 20.3. The Morgan fingerprint density at radius 3 is 2.02 bits per heavy atom. The van der Waals surface area contributed by atoms with Gasteiger partial charge in [-0.25, -0.2) is 4.99 Å². The number of anilines is 1. The molecule has 0 unspecified atom stereocenters. The lowest BCUT2D eigenvalue weighted by Crippen LogP contribution is -2.22. The van der Waals surface area contributed by atoms with Crippen LogP contribution in [-0.4, -0.2) is 46.6 Å². The summed E-state index contributed by atoms with van der Waals surface area (Å²) in [6.45, 7) is 4.53. The monoisotopic (exact) mass is 565 g/mol. The lowest BCUT2D eigenvalue weighted by atomic mass is 10.1. The first kappa shape index (κ1) is 29.4. The first-order valence-corrected chi connectivity index (χ1v) is 13.2. The average Bonchev–Trinajstić information content (AvgIpc) is 3.67. The summed E-state index contributed by atoms with van der Waals surface area (Å²) in [7, 11) is 3.10. The summed E-state index contributed by atoms with van der Waals surface area (Å²) in [6.07, 6.45) is 0. The minimum absolute atomic E-state index is 0.0898. The van der Waals surface area contributed by atoms with E-state index in [0.29, 0.717) is 24.1 Å². The number of amidine groups is 1. The van der Waals surface area contributed by atoms with Gasteiger partial charge in [0.1, 0.15) is 5.75 Å². The second kappa shape index (κ2) is 14.2. The molecule has 0 saturated carbocycles. The standard InChI is InChI=1S/C19H21N5O.C12H14N4O/c1-13-7-9-14(10-8-13)16-11-18(24-23-16)22-19(20)21-12-15-5-3-4-6-17(15)25-2;1-8-3-5-9(6-4-8)10-7-11(16-15-10)14-12(13)17-2/h3-11H,12H2,1-2H3,(H4,20,21,22,23,24);3-7H,1-2H3,(H3,13,14,15,16). The van der Waals surface area contributed by atoms with Crippen LogP contribution in [0.3, 0.4) is 0 Å². The number of aromatic nitrogens is 4. The van der Waals surface area contributed by atoms with Crippen LogP contribution >= 0.6 is 0 Å². The number of H-pyrrole nitrogens is 2. The molecule has 0 amide bonds. The molecule has 0 aliphatic carbocycles. The molecule has 216 valence electrons. The molecular formula is C31H35N9O2. The van der Waals surface area contributed by atoms with Crippen LogP contribution < -0.4 is 21.5 Å². The number of guanidine groups is 1. The largest absolute Gasteiger partial charge is 0.496 e. The molecule has 0 atom stereocenters. The van der Waals surface area contributed by atoms with Crippen LogP contribution in [0.5, 0.6) is 5.75 Å². The number of hydrogen-bond acceptors (Lipinski definition) is 6. The van der Waals surface area contributed by atoms with Crippen molar-refractivity contribution < 1.29 is 9.47 Å². The molecule has 42 heavy (non-hydrogen) atoms. The van der Waals surface area contributed by atoms with E-state index in [-0.39, 0.29) is 6.02 Å². The molecule has 11 heteroatoms. The van der Waals surface area contributed by atoms with E-state index in [1.165, 1.54) is 18.2 Å². The van der Waals surface area contributed by atoms with Gasteiger partial charge < -0.3 is 26.3 Å². The van der Waals surface area contributed by atoms with Gasteiger partial charge in [0.2, 0.25) is 0 Å². The van der Waals surface area contributed by atoms with Gasteiger partial charge in [0.25, 0.3) is 6.02 Å². The SMILES string of the molecule is COC(N)=Nc1cc(-c2ccc(C)cc2)[nH]n1.COc1ccccc1CN=C(N)Nc1cc(-c2ccc(C)cc2)[nH]n1. The maximum atomic E-state index is 5.96. The van der Waals surface area contributed by atoms with Crippen LogP contribution in [0.15, 0.2) is 94.9 Å². The van der Waals surface area contributed by atoms with Crippen LogP contribution in [0.2, 0.25) is 0 Å². The van der Waals surface area contributed by atoms with Gasteiger partial charge in [0.15, 0.2) is 17.6 Å².